The van der Waals surface area contributed by atoms with Gasteiger partial charge in [0.15, 0.2) is 5.16 Å². The van der Waals surface area contributed by atoms with E-state index in [1.807, 2.05) is 30.3 Å². The van der Waals surface area contributed by atoms with Crippen LogP contribution in [0.25, 0.3) is 11.3 Å². The number of ether oxygens (including phenoxy) is 1. The lowest BCUT2D eigenvalue weighted by Gasteiger charge is -2.07. The van der Waals surface area contributed by atoms with Crippen molar-refractivity contribution in [3.63, 3.8) is 0 Å². The maximum Gasteiger partial charge on any atom is 0.230 e. The van der Waals surface area contributed by atoms with E-state index in [-0.39, 0.29) is 17.5 Å². The summed E-state index contributed by atoms with van der Waals surface area (Å²) in [4.78, 5) is 19.2. The predicted molar refractivity (Wildman–Crippen MR) is 99.7 cm³/mol. The van der Waals surface area contributed by atoms with Gasteiger partial charge in [-0.1, -0.05) is 30.0 Å². The summed E-state index contributed by atoms with van der Waals surface area (Å²) >= 11 is 1.31. The quantitative estimate of drug-likeness (QED) is 0.470. The molecule has 0 aliphatic rings. The summed E-state index contributed by atoms with van der Waals surface area (Å²) in [7, 11) is 0. The first-order valence-corrected chi connectivity index (χ1v) is 9.07. The van der Waals surface area contributed by atoms with Crippen LogP contribution in [0.2, 0.25) is 0 Å². The Hall–Kier alpha value is -2.80. The second kappa shape index (κ2) is 9.05. The summed E-state index contributed by atoms with van der Waals surface area (Å²) in [6, 6.07) is 15.6. The van der Waals surface area contributed by atoms with E-state index in [4.69, 9.17) is 4.74 Å². The molecule has 0 saturated carbocycles. The highest BCUT2D eigenvalue weighted by Gasteiger charge is 2.07. The number of para-hydroxylation sites is 1. The summed E-state index contributed by atoms with van der Waals surface area (Å²) < 4.78 is 18.5. The molecule has 0 bridgehead atoms. The average molecular weight is 371 g/mol. The number of benzene rings is 2. The minimum atomic E-state index is -0.282. The summed E-state index contributed by atoms with van der Waals surface area (Å²) in [6.45, 7) is 0.850. The number of imidazole rings is 1. The second-order valence-corrected chi connectivity index (χ2v) is 6.37. The second-order valence-electron chi connectivity index (χ2n) is 5.41. The number of nitrogens with one attached hydrogen (secondary N) is 2. The largest absolute Gasteiger partial charge is 0.492 e. The Bertz CT molecular complexity index is 838. The highest BCUT2D eigenvalue weighted by atomic mass is 32.2. The standard InChI is InChI=1S/C19H18FN3O2S/c20-15-8-6-14(7-9-15)17-12-22-19(23-17)26-13-18(24)21-10-11-25-16-4-2-1-3-5-16/h1-9,12H,10-11,13H2,(H,21,24)(H,22,23). The van der Waals surface area contributed by atoms with Crippen LogP contribution in [0.3, 0.4) is 0 Å². The number of carbonyl (C=O) groups excluding carboxylic acids is 1. The van der Waals surface area contributed by atoms with Gasteiger partial charge in [0.05, 0.1) is 24.2 Å². The van der Waals surface area contributed by atoms with E-state index in [1.54, 1.807) is 18.3 Å². The van der Waals surface area contributed by atoms with Gasteiger partial charge in [0.1, 0.15) is 18.2 Å². The molecule has 0 spiro atoms. The SMILES string of the molecule is O=C(CSc1ncc(-c2ccc(F)cc2)[nH]1)NCCOc1ccccc1. The summed E-state index contributed by atoms with van der Waals surface area (Å²) in [5.74, 6) is 0.657. The molecule has 0 fully saturated rings. The van der Waals surface area contributed by atoms with Crippen molar-refractivity contribution >= 4 is 17.7 Å². The van der Waals surface area contributed by atoms with Crippen LogP contribution in [0.4, 0.5) is 4.39 Å². The van der Waals surface area contributed by atoms with Crippen LogP contribution in [-0.2, 0) is 4.79 Å². The van der Waals surface area contributed by atoms with Gasteiger partial charge in [-0.3, -0.25) is 4.79 Å². The first kappa shape index (κ1) is 18.0. The number of hydrogen-bond donors (Lipinski definition) is 2. The van der Waals surface area contributed by atoms with Gasteiger partial charge in [0.2, 0.25) is 5.91 Å². The smallest absolute Gasteiger partial charge is 0.230 e. The van der Waals surface area contributed by atoms with Crippen LogP contribution in [0.1, 0.15) is 0 Å². The van der Waals surface area contributed by atoms with Crippen molar-refractivity contribution in [1.29, 1.82) is 0 Å². The van der Waals surface area contributed by atoms with Crippen LogP contribution in [0.5, 0.6) is 5.75 Å². The maximum absolute atomic E-state index is 13.0. The van der Waals surface area contributed by atoms with Gasteiger partial charge in [-0.15, -0.1) is 0 Å². The molecular formula is C19H18FN3O2S. The van der Waals surface area contributed by atoms with E-state index in [9.17, 15) is 9.18 Å². The van der Waals surface area contributed by atoms with Gasteiger partial charge in [-0.2, -0.15) is 0 Å². The molecular weight excluding hydrogens is 353 g/mol. The first-order valence-electron chi connectivity index (χ1n) is 8.09. The van der Waals surface area contributed by atoms with Crippen molar-refractivity contribution in [3.8, 4) is 17.0 Å². The number of aromatic amines is 1. The van der Waals surface area contributed by atoms with Gasteiger partial charge in [-0.25, -0.2) is 9.37 Å². The van der Waals surface area contributed by atoms with Crippen molar-refractivity contribution in [2.24, 2.45) is 0 Å². The van der Waals surface area contributed by atoms with Gasteiger partial charge >= 0.3 is 0 Å². The lowest BCUT2D eigenvalue weighted by atomic mass is 10.2. The number of H-pyrrole nitrogens is 1. The third kappa shape index (κ3) is 5.35. The molecule has 2 aromatic carbocycles. The highest BCUT2D eigenvalue weighted by Crippen LogP contribution is 2.21. The Morgan fingerprint density at radius 1 is 1.15 bits per heavy atom. The minimum absolute atomic E-state index is 0.0913. The highest BCUT2D eigenvalue weighted by molar-refractivity contribution is 7.99. The number of hydrogen-bond acceptors (Lipinski definition) is 4. The Morgan fingerprint density at radius 2 is 1.92 bits per heavy atom. The summed E-state index contributed by atoms with van der Waals surface area (Å²) in [5, 5.41) is 3.44. The number of thioether (sulfide) groups is 1. The summed E-state index contributed by atoms with van der Waals surface area (Å²) in [5.41, 5.74) is 1.62. The molecule has 1 heterocycles. The zero-order valence-electron chi connectivity index (χ0n) is 13.9. The van der Waals surface area contributed by atoms with E-state index >= 15 is 0 Å². The fourth-order valence-corrected chi connectivity index (χ4v) is 2.89. The van der Waals surface area contributed by atoms with Crippen LogP contribution >= 0.6 is 11.8 Å². The number of nitrogens with zero attached hydrogens (tertiary/aromatic N) is 1. The fourth-order valence-electron chi connectivity index (χ4n) is 2.21. The molecule has 134 valence electrons. The number of rotatable bonds is 8. The first-order chi connectivity index (χ1) is 12.7. The molecule has 0 aliphatic heterocycles. The Morgan fingerprint density at radius 3 is 2.69 bits per heavy atom. The molecule has 5 nitrogen and oxygen atoms in total. The third-order valence-corrected chi connectivity index (χ3v) is 4.37. The van der Waals surface area contributed by atoms with Gasteiger partial charge < -0.3 is 15.0 Å². The molecule has 0 radical (unpaired) electrons. The Balaban J connectivity index is 1.38. The molecule has 2 N–H and O–H groups in total. The molecule has 3 aromatic rings. The lowest BCUT2D eigenvalue weighted by molar-refractivity contribution is -0.118. The molecule has 1 aromatic heterocycles. The Labute approximate surface area is 155 Å². The van der Waals surface area contributed by atoms with Crippen molar-refractivity contribution in [2.75, 3.05) is 18.9 Å². The van der Waals surface area contributed by atoms with Crippen LogP contribution in [0.15, 0.2) is 66.0 Å². The minimum Gasteiger partial charge on any atom is -0.492 e. The van der Waals surface area contributed by atoms with Crippen LogP contribution in [0, 0.1) is 5.82 Å². The van der Waals surface area contributed by atoms with E-state index < -0.39 is 0 Å². The number of amides is 1. The fraction of sp³-hybridized carbons (Fsp3) is 0.158. The molecule has 0 atom stereocenters. The van der Waals surface area contributed by atoms with E-state index in [0.29, 0.717) is 18.3 Å². The van der Waals surface area contributed by atoms with Crippen molar-refractivity contribution in [3.05, 3.63) is 66.6 Å². The van der Waals surface area contributed by atoms with E-state index in [1.165, 1.54) is 23.9 Å². The molecule has 3 rings (SSSR count). The topological polar surface area (TPSA) is 67.0 Å². The number of aromatic nitrogens is 2. The number of halogens is 1. The molecule has 0 unspecified atom stereocenters. The van der Waals surface area contributed by atoms with Crippen molar-refractivity contribution in [1.82, 2.24) is 15.3 Å². The third-order valence-electron chi connectivity index (χ3n) is 3.48. The van der Waals surface area contributed by atoms with Crippen molar-refractivity contribution < 1.29 is 13.9 Å². The molecule has 26 heavy (non-hydrogen) atoms. The molecule has 1 amide bonds. The number of carbonyl (C=O) groups is 1. The van der Waals surface area contributed by atoms with Crippen LogP contribution in [-0.4, -0.2) is 34.8 Å². The Kier molecular flexibility index (Phi) is 6.27. The maximum atomic E-state index is 13.0. The average Bonchev–Trinajstić information content (AvgIpc) is 3.14. The zero-order valence-corrected chi connectivity index (χ0v) is 14.8. The summed E-state index contributed by atoms with van der Waals surface area (Å²) in [6.07, 6.45) is 1.67. The monoisotopic (exact) mass is 371 g/mol. The predicted octanol–water partition coefficient (Wildman–Crippen LogP) is 3.50. The van der Waals surface area contributed by atoms with E-state index in [0.717, 1.165) is 17.0 Å². The molecule has 0 saturated heterocycles. The van der Waals surface area contributed by atoms with Crippen molar-refractivity contribution in [2.45, 2.75) is 5.16 Å². The van der Waals surface area contributed by atoms with E-state index in [2.05, 4.69) is 15.3 Å². The van der Waals surface area contributed by atoms with Gasteiger partial charge in [0.25, 0.3) is 0 Å². The lowest BCUT2D eigenvalue weighted by Crippen LogP contribution is -2.29. The molecule has 0 aliphatic carbocycles. The molecule has 7 heteroatoms. The van der Waals surface area contributed by atoms with Gasteiger partial charge in [-0.05, 0) is 42.0 Å². The normalized spacial score (nSPS) is 10.5. The van der Waals surface area contributed by atoms with Gasteiger partial charge in [0, 0.05) is 0 Å². The zero-order chi connectivity index (χ0) is 18.2. The van der Waals surface area contributed by atoms with Crippen LogP contribution < -0.4 is 10.1 Å².